The fraction of sp³-hybridized carbons (Fsp3) is 0.0714. The van der Waals surface area contributed by atoms with Gasteiger partial charge in [-0.25, -0.2) is 9.50 Å². The molecule has 5 nitrogen and oxygen atoms in total. The Morgan fingerprint density at radius 3 is 2.81 bits per heavy atom. The highest BCUT2D eigenvalue weighted by molar-refractivity contribution is 7.20. The van der Waals surface area contributed by atoms with Crippen molar-refractivity contribution < 1.29 is 0 Å². The molecular weight excluding hydrogens is 302 g/mol. The van der Waals surface area contributed by atoms with Gasteiger partial charge in [0.1, 0.15) is 0 Å². The van der Waals surface area contributed by atoms with Gasteiger partial charge in [0, 0.05) is 36.1 Å². The lowest BCUT2D eigenvalue weighted by Crippen LogP contribution is -2.09. The third kappa shape index (κ3) is 2.10. The standard InChI is InChI=1S/C14H11N5S2/c1-18(11-2-5-15-6-3-11)14-17-19-12(8-16-13(19)21-14)10-4-7-20-9-10/h2-9H,1H3. The molecule has 4 aromatic heterocycles. The molecule has 104 valence electrons. The number of hydrogen-bond acceptors (Lipinski definition) is 6. The lowest BCUT2D eigenvalue weighted by atomic mass is 10.3. The summed E-state index contributed by atoms with van der Waals surface area (Å²) >= 11 is 3.24. The predicted molar refractivity (Wildman–Crippen MR) is 86.5 cm³/mol. The van der Waals surface area contributed by atoms with E-state index in [0.29, 0.717) is 0 Å². The van der Waals surface area contributed by atoms with Crippen LogP contribution in [0.1, 0.15) is 0 Å². The quantitative estimate of drug-likeness (QED) is 0.579. The van der Waals surface area contributed by atoms with Crippen LogP contribution in [0.25, 0.3) is 16.2 Å². The normalized spacial score (nSPS) is 11.1. The van der Waals surface area contributed by atoms with E-state index in [1.165, 1.54) is 0 Å². The molecule has 4 heterocycles. The highest BCUT2D eigenvalue weighted by Crippen LogP contribution is 2.31. The molecule has 21 heavy (non-hydrogen) atoms. The summed E-state index contributed by atoms with van der Waals surface area (Å²) in [6, 6.07) is 6.01. The van der Waals surface area contributed by atoms with E-state index in [0.717, 1.165) is 27.0 Å². The zero-order valence-corrected chi connectivity index (χ0v) is 12.8. The Morgan fingerprint density at radius 2 is 2.05 bits per heavy atom. The highest BCUT2D eigenvalue weighted by Gasteiger charge is 2.15. The number of nitrogens with zero attached hydrogens (tertiary/aromatic N) is 5. The lowest BCUT2D eigenvalue weighted by Gasteiger charge is -2.14. The van der Waals surface area contributed by atoms with Crippen LogP contribution in [0.5, 0.6) is 0 Å². The lowest BCUT2D eigenvalue weighted by molar-refractivity contribution is 0.960. The van der Waals surface area contributed by atoms with E-state index in [4.69, 9.17) is 0 Å². The van der Waals surface area contributed by atoms with Crippen LogP contribution in [0.15, 0.2) is 47.5 Å². The van der Waals surface area contributed by atoms with Crippen LogP contribution < -0.4 is 4.90 Å². The van der Waals surface area contributed by atoms with Crippen LogP contribution in [-0.2, 0) is 0 Å². The second kappa shape index (κ2) is 4.94. The van der Waals surface area contributed by atoms with Crippen molar-refractivity contribution in [2.75, 3.05) is 11.9 Å². The van der Waals surface area contributed by atoms with Crippen molar-refractivity contribution in [3.05, 3.63) is 47.5 Å². The molecule has 0 fully saturated rings. The molecule has 4 aromatic rings. The van der Waals surface area contributed by atoms with Crippen molar-refractivity contribution in [3.63, 3.8) is 0 Å². The van der Waals surface area contributed by atoms with Gasteiger partial charge < -0.3 is 4.90 Å². The molecule has 0 bridgehead atoms. The molecule has 0 atom stereocenters. The number of thiophene rings is 1. The first-order valence-electron chi connectivity index (χ1n) is 6.34. The van der Waals surface area contributed by atoms with E-state index in [-0.39, 0.29) is 0 Å². The van der Waals surface area contributed by atoms with Crippen LogP contribution in [-0.4, -0.2) is 26.6 Å². The summed E-state index contributed by atoms with van der Waals surface area (Å²) in [6.07, 6.45) is 5.43. The smallest absolute Gasteiger partial charge is 0.214 e. The van der Waals surface area contributed by atoms with Crippen LogP contribution in [0.4, 0.5) is 10.8 Å². The fourth-order valence-electron chi connectivity index (χ4n) is 2.10. The Bertz CT molecular complexity index is 863. The third-order valence-corrected chi connectivity index (χ3v) is 4.91. The van der Waals surface area contributed by atoms with Crippen molar-refractivity contribution >= 4 is 38.5 Å². The molecule has 0 N–H and O–H groups in total. The molecule has 0 unspecified atom stereocenters. The number of anilines is 2. The molecule has 7 heteroatoms. The van der Waals surface area contributed by atoms with Gasteiger partial charge in [-0.15, -0.1) is 5.10 Å². The molecule has 4 rings (SSSR count). The molecule has 0 amide bonds. The molecule has 0 saturated heterocycles. The summed E-state index contributed by atoms with van der Waals surface area (Å²) in [5, 5.41) is 9.76. The molecule has 0 aliphatic rings. The number of pyridine rings is 1. The van der Waals surface area contributed by atoms with Crippen LogP contribution >= 0.6 is 22.7 Å². The summed E-state index contributed by atoms with van der Waals surface area (Å²) < 4.78 is 1.90. The summed E-state index contributed by atoms with van der Waals surface area (Å²) in [6.45, 7) is 0. The topological polar surface area (TPSA) is 46.3 Å². The second-order valence-electron chi connectivity index (χ2n) is 4.50. The van der Waals surface area contributed by atoms with Gasteiger partial charge in [0.15, 0.2) is 0 Å². The van der Waals surface area contributed by atoms with Gasteiger partial charge in [0.2, 0.25) is 10.1 Å². The van der Waals surface area contributed by atoms with E-state index in [1.54, 1.807) is 35.1 Å². The molecular formula is C14H11N5S2. The van der Waals surface area contributed by atoms with Crippen molar-refractivity contribution in [2.45, 2.75) is 0 Å². The van der Waals surface area contributed by atoms with Gasteiger partial charge in [-0.1, -0.05) is 11.3 Å². The molecule has 0 aromatic carbocycles. The first-order chi connectivity index (χ1) is 10.3. The average Bonchev–Trinajstić information content (AvgIpc) is 3.23. The van der Waals surface area contributed by atoms with Gasteiger partial charge in [0.25, 0.3) is 0 Å². The minimum atomic E-state index is 0.895. The zero-order valence-electron chi connectivity index (χ0n) is 11.2. The van der Waals surface area contributed by atoms with Crippen LogP contribution in [0.2, 0.25) is 0 Å². The molecule has 0 spiro atoms. The minimum Gasteiger partial charge on any atom is -0.319 e. The van der Waals surface area contributed by atoms with Gasteiger partial charge in [-0.05, 0) is 23.6 Å². The maximum Gasteiger partial charge on any atom is 0.214 e. The summed E-state index contributed by atoms with van der Waals surface area (Å²) in [7, 11) is 2.00. The van der Waals surface area contributed by atoms with E-state index >= 15 is 0 Å². The summed E-state index contributed by atoms with van der Waals surface area (Å²) in [5.41, 5.74) is 3.23. The Labute approximate surface area is 129 Å². The average molecular weight is 313 g/mol. The SMILES string of the molecule is CN(c1ccncc1)c1nn2c(-c3ccsc3)cnc2s1. The van der Waals surface area contributed by atoms with Crippen molar-refractivity contribution in [1.82, 2.24) is 19.6 Å². The number of rotatable bonds is 3. The maximum atomic E-state index is 4.69. The van der Waals surface area contributed by atoms with Crippen LogP contribution in [0.3, 0.4) is 0 Å². The van der Waals surface area contributed by atoms with Crippen molar-refractivity contribution in [1.29, 1.82) is 0 Å². The molecule has 0 aliphatic heterocycles. The summed E-state index contributed by atoms with van der Waals surface area (Å²) in [5.74, 6) is 0. The van der Waals surface area contributed by atoms with Crippen LogP contribution in [0, 0.1) is 0 Å². The molecule has 0 aliphatic carbocycles. The first kappa shape index (κ1) is 12.5. The third-order valence-electron chi connectivity index (χ3n) is 3.23. The largest absolute Gasteiger partial charge is 0.319 e. The Hall–Kier alpha value is -2.25. The zero-order chi connectivity index (χ0) is 14.2. The number of aromatic nitrogens is 4. The van der Waals surface area contributed by atoms with Crippen molar-refractivity contribution in [3.8, 4) is 11.3 Å². The second-order valence-corrected chi connectivity index (χ2v) is 6.21. The highest BCUT2D eigenvalue weighted by atomic mass is 32.1. The molecule has 0 saturated carbocycles. The fourth-order valence-corrected chi connectivity index (χ4v) is 3.61. The Morgan fingerprint density at radius 1 is 1.19 bits per heavy atom. The minimum absolute atomic E-state index is 0.895. The monoisotopic (exact) mass is 313 g/mol. The van der Waals surface area contributed by atoms with Gasteiger partial charge in [-0.3, -0.25) is 4.98 Å². The number of fused-ring (bicyclic) bond motifs is 1. The van der Waals surface area contributed by atoms with E-state index < -0.39 is 0 Å². The Balaban J connectivity index is 1.78. The van der Waals surface area contributed by atoms with Gasteiger partial charge in [-0.2, -0.15) is 11.3 Å². The van der Waals surface area contributed by atoms with E-state index in [1.807, 2.05) is 34.8 Å². The maximum absolute atomic E-state index is 4.69. The van der Waals surface area contributed by atoms with Gasteiger partial charge in [0.05, 0.1) is 11.9 Å². The van der Waals surface area contributed by atoms with E-state index in [2.05, 4.69) is 31.9 Å². The Kier molecular flexibility index (Phi) is 2.94. The van der Waals surface area contributed by atoms with E-state index in [9.17, 15) is 0 Å². The first-order valence-corrected chi connectivity index (χ1v) is 8.10. The summed E-state index contributed by atoms with van der Waals surface area (Å²) in [4.78, 5) is 11.4. The number of imidazole rings is 1. The van der Waals surface area contributed by atoms with Gasteiger partial charge >= 0.3 is 0 Å². The predicted octanol–water partition coefficient (Wildman–Crippen LogP) is 3.68. The molecule has 0 radical (unpaired) electrons. The van der Waals surface area contributed by atoms with Crippen molar-refractivity contribution in [2.24, 2.45) is 0 Å². The number of hydrogen-bond donors (Lipinski definition) is 0.